The van der Waals surface area contributed by atoms with Crippen LogP contribution < -0.4 is 4.68 Å². The Morgan fingerprint density at radius 3 is 1.76 bits per heavy atom. The first kappa shape index (κ1) is 27.8. The van der Waals surface area contributed by atoms with Crippen LogP contribution in [-0.4, -0.2) is 45.8 Å². The van der Waals surface area contributed by atoms with E-state index in [2.05, 4.69) is 42.7 Å². The third-order valence-electron chi connectivity index (χ3n) is 2.91. The van der Waals surface area contributed by atoms with Crippen molar-refractivity contribution in [3.63, 3.8) is 0 Å². The van der Waals surface area contributed by atoms with Crippen LogP contribution in [0.15, 0.2) is 6.20 Å². The Bertz CT molecular complexity index is 847. The van der Waals surface area contributed by atoms with Crippen molar-refractivity contribution >= 4 is 28.1 Å². The minimum atomic E-state index is -6.72. The molecule has 29 heavy (non-hydrogen) atoms. The molecule has 0 aromatic carbocycles. The van der Waals surface area contributed by atoms with E-state index in [0.29, 0.717) is 0 Å². The van der Waals surface area contributed by atoms with Crippen LogP contribution in [0.2, 0.25) is 19.6 Å². The maximum Gasteiger partial charge on any atom is 0.480 e. The summed E-state index contributed by atoms with van der Waals surface area (Å²) in [6.07, 6.45) is 3.34. The lowest BCUT2D eigenvalue weighted by Crippen LogP contribution is -2.35. The fraction of sp³-hybridized carbons (Fsp3) is 0.833. The molecule has 0 aliphatic heterocycles. The van der Waals surface area contributed by atoms with Gasteiger partial charge in [0.1, 0.15) is 13.6 Å². The second kappa shape index (κ2) is 9.30. The summed E-state index contributed by atoms with van der Waals surface area (Å²) in [5.41, 5.74) is -11.0. The van der Waals surface area contributed by atoms with Crippen molar-refractivity contribution in [1.82, 2.24) is 9.90 Å². The molecule has 0 saturated heterocycles. The summed E-state index contributed by atoms with van der Waals surface area (Å²) in [6, 6.07) is 1.22. The van der Waals surface area contributed by atoms with Crippen molar-refractivity contribution in [2.45, 2.75) is 56.6 Å². The summed E-state index contributed by atoms with van der Waals surface area (Å²) >= 11 is 0. The maximum absolute atomic E-state index is 11.4. The van der Waals surface area contributed by atoms with Crippen LogP contribution >= 0.6 is 0 Å². The number of aromatic nitrogens is 3. The molecule has 0 N–H and O–H groups in total. The average Bonchev–Trinajstić information content (AvgIpc) is 2.74. The first-order valence-corrected chi connectivity index (χ1v) is 14.5. The van der Waals surface area contributed by atoms with Gasteiger partial charge in [0.2, 0.25) is 0 Å². The third kappa shape index (κ3) is 9.00. The summed E-state index contributed by atoms with van der Waals surface area (Å²) < 4.78 is 113. The largest absolute Gasteiger partial charge is 0.480 e. The van der Waals surface area contributed by atoms with Gasteiger partial charge < -0.3 is 4.13 Å². The second-order valence-electron chi connectivity index (χ2n) is 7.05. The van der Waals surface area contributed by atoms with E-state index in [4.69, 9.17) is 0 Å². The number of alkyl halides is 6. The van der Waals surface area contributed by atoms with Gasteiger partial charge in [0.15, 0.2) is 31.9 Å². The zero-order valence-corrected chi connectivity index (χ0v) is 18.8. The highest BCUT2D eigenvalue weighted by atomic mass is 32.3. The van der Waals surface area contributed by atoms with Crippen molar-refractivity contribution in [2.75, 3.05) is 0 Å². The number of nitrogens with zero attached hydrogens (tertiary/aromatic N) is 4. The molecule has 0 radical (unpaired) electrons. The van der Waals surface area contributed by atoms with Crippen LogP contribution in [0.5, 0.6) is 0 Å². The van der Waals surface area contributed by atoms with E-state index in [1.807, 2.05) is 11.7 Å². The van der Waals surface area contributed by atoms with Gasteiger partial charge in [-0.15, -0.1) is 9.36 Å². The zero-order valence-electron chi connectivity index (χ0n) is 16.2. The van der Waals surface area contributed by atoms with Crippen molar-refractivity contribution in [3.05, 3.63) is 16.0 Å². The number of hydrogen-bond donors (Lipinski definition) is 0. The predicted octanol–water partition coefficient (Wildman–Crippen LogP) is 2.60. The Morgan fingerprint density at radius 2 is 1.45 bits per heavy atom. The molecule has 17 heteroatoms. The molecule has 0 aliphatic carbocycles. The van der Waals surface area contributed by atoms with E-state index in [-0.39, 0.29) is 0 Å². The van der Waals surface area contributed by atoms with Crippen molar-refractivity contribution in [2.24, 2.45) is 7.05 Å². The molecule has 1 aromatic heterocycles. The van der Waals surface area contributed by atoms with E-state index in [1.54, 1.807) is 0 Å². The molecule has 0 bridgehead atoms. The van der Waals surface area contributed by atoms with E-state index >= 15 is 0 Å². The molecule has 0 fully saturated rings. The fourth-order valence-corrected chi connectivity index (χ4v) is 4.88. The van der Waals surface area contributed by atoms with E-state index in [1.165, 1.54) is 11.7 Å². The number of rotatable bonds is 6. The Morgan fingerprint density at radius 1 is 1.03 bits per heavy atom. The number of halogens is 6. The summed E-state index contributed by atoms with van der Waals surface area (Å²) in [7, 11) is -12.4. The normalized spacial score (nSPS) is 13.8. The molecule has 0 spiro atoms. The van der Waals surface area contributed by atoms with Crippen LogP contribution in [0.1, 0.15) is 19.0 Å². The molecule has 172 valence electrons. The fourth-order valence-electron chi connectivity index (χ4n) is 1.77. The smallest absolute Gasteiger partial charge is 0.421 e. The van der Waals surface area contributed by atoms with Crippen LogP contribution in [0.25, 0.3) is 4.13 Å². The predicted molar refractivity (Wildman–Crippen MR) is 94.1 cm³/mol. The molecular weight excluding hydrogens is 470 g/mol. The highest BCUT2D eigenvalue weighted by Gasteiger charge is 2.46. The van der Waals surface area contributed by atoms with Gasteiger partial charge in [-0.2, -0.15) is 26.3 Å². The lowest BCUT2D eigenvalue weighted by molar-refractivity contribution is -0.755. The van der Waals surface area contributed by atoms with Crippen LogP contribution in [0, 0.1) is 0 Å². The minimum Gasteiger partial charge on any atom is -0.421 e. The first-order valence-electron chi connectivity index (χ1n) is 7.92. The van der Waals surface area contributed by atoms with E-state index in [9.17, 15) is 43.2 Å². The Balaban J connectivity index is 0.000000541. The highest BCUT2D eigenvalue weighted by Crippen LogP contribution is 2.36. The van der Waals surface area contributed by atoms with Gasteiger partial charge in [0.25, 0.3) is 0 Å². The highest BCUT2D eigenvalue weighted by molar-refractivity contribution is 8.13. The van der Waals surface area contributed by atoms with Crippen molar-refractivity contribution in [3.8, 4) is 0 Å². The van der Waals surface area contributed by atoms with E-state index < -0.39 is 39.1 Å². The molecule has 0 atom stereocenters. The van der Waals surface area contributed by atoms with Gasteiger partial charge >= 0.3 is 11.0 Å². The van der Waals surface area contributed by atoms with Crippen LogP contribution in [-0.2, 0) is 39.7 Å². The van der Waals surface area contributed by atoms with Gasteiger partial charge in [0.05, 0.1) is 13.3 Å². The van der Waals surface area contributed by atoms with Gasteiger partial charge in [0, 0.05) is 6.04 Å². The monoisotopic (exact) mass is 492 g/mol. The molecule has 0 saturated carbocycles. The molecule has 1 aromatic rings. The Kier molecular flexibility index (Phi) is 8.91. The summed E-state index contributed by atoms with van der Waals surface area (Å²) in [5.74, 6) is 0. The van der Waals surface area contributed by atoms with Gasteiger partial charge in [-0.25, -0.2) is 16.8 Å². The van der Waals surface area contributed by atoms with Crippen molar-refractivity contribution in [1.29, 1.82) is 0 Å². The SMILES string of the molecule is CCC[n+]1cc(C[Si](C)(C)C)n(C)n1.O=S(=O)([N-]S(=O)(=O)C(F)(F)F)C(F)(F)F. The van der Waals surface area contributed by atoms with Gasteiger partial charge in [-0.05, 0) is 6.42 Å². The molecule has 0 amide bonds. The number of aryl methyl sites for hydroxylation is 2. The minimum absolute atomic E-state index is 0.778. The molecule has 8 nitrogen and oxygen atoms in total. The third-order valence-corrected chi connectivity index (χ3v) is 7.07. The van der Waals surface area contributed by atoms with E-state index in [0.717, 1.165) is 17.1 Å². The lowest BCUT2D eigenvalue weighted by atomic mass is 10.5. The quantitative estimate of drug-likeness (QED) is 0.345. The van der Waals surface area contributed by atoms with Crippen LogP contribution in [0.4, 0.5) is 26.3 Å². The van der Waals surface area contributed by atoms with Crippen LogP contribution in [0.3, 0.4) is 0 Å². The lowest BCUT2D eigenvalue weighted by Gasteiger charge is -2.22. The summed E-state index contributed by atoms with van der Waals surface area (Å²) in [4.78, 5) is 0. The van der Waals surface area contributed by atoms with Crippen molar-refractivity contribution < 1.29 is 47.9 Å². The molecule has 1 heterocycles. The molecule has 0 unspecified atom stereocenters. The number of hydrogen-bond acceptors (Lipinski definition) is 5. The Hall–Kier alpha value is -1.20. The summed E-state index contributed by atoms with van der Waals surface area (Å²) in [5, 5.41) is 4.44. The van der Waals surface area contributed by atoms with Gasteiger partial charge in [-0.1, -0.05) is 26.6 Å². The molecular formula is C12H22F6N4O4S2Si. The maximum atomic E-state index is 11.4. The number of sulfonamides is 2. The topological polar surface area (TPSA) is 104 Å². The molecule has 0 aliphatic rings. The Labute approximate surface area is 166 Å². The first-order chi connectivity index (χ1) is 12.6. The zero-order chi connectivity index (χ0) is 23.5. The standard InChI is InChI=1S/C10H22N3Si.C2F6NO4S2/c1-6-7-13-8-10(12(2)11-13)9-14(3,4)5;3-1(4,5)14(10,11)9-15(12,13)2(6,7)8/h8H,6-7,9H2,1-5H3;/q+1;-1. The second-order valence-corrected chi connectivity index (χ2v) is 15.9. The summed E-state index contributed by atoms with van der Waals surface area (Å²) in [6.45, 7) is 10.4. The van der Waals surface area contributed by atoms with Gasteiger partial charge in [-0.3, -0.25) is 0 Å². The molecule has 1 rings (SSSR count). The average molecular weight is 493 g/mol.